The fourth-order valence-electron chi connectivity index (χ4n) is 4.62. The van der Waals surface area contributed by atoms with E-state index in [2.05, 4.69) is 90.7 Å². The van der Waals surface area contributed by atoms with Gasteiger partial charge in [-0.25, -0.2) is 4.57 Å². The van der Waals surface area contributed by atoms with E-state index in [0.717, 1.165) is 11.2 Å². The normalized spacial score (nSPS) is 12.0. The summed E-state index contributed by atoms with van der Waals surface area (Å²) in [5.41, 5.74) is 6.78. The van der Waals surface area contributed by atoms with E-state index in [0.29, 0.717) is 0 Å². The fourth-order valence-corrected chi connectivity index (χ4v) is 4.62. The van der Waals surface area contributed by atoms with Crippen molar-refractivity contribution >= 4 is 43.7 Å². The Morgan fingerprint density at radius 1 is 0.759 bits per heavy atom. The van der Waals surface area contributed by atoms with Crippen molar-refractivity contribution in [2.75, 3.05) is 0 Å². The molecule has 6 rings (SSSR count). The highest BCUT2D eigenvalue weighted by Crippen LogP contribution is 2.35. The van der Waals surface area contributed by atoms with Gasteiger partial charge >= 0.3 is 0 Å². The molecule has 140 valence electrons. The van der Waals surface area contributed by atoms with Crippen LogP contribution in [0.5, 0.6) is 0 Å². The van der Waals surface area contributed by atoms with Gasteiger partial charge in [0, 0.05) is 23.1 Å². The molecule has 3 heteroatoms. The van der Waals surface area contributed by atoms with Crippen LogP contribution in [0.4, 0.5) is 0 Å². The maximum atomic E-state index is 6.20. The van der Waals surface area contributed by atoms with Crippen LogP contribution in [0.2, 0.25) is 0 Å². The first-order chi connectivity index (χ1) is 14.1. The molecular formula is C26H21N2O+. The molecule has 0 aliphatic heterocycles. The van der Waals surface area contributed by atoms with E-state index >= 15 is 0 Å². The zero-order chi connectivity index (χ0) is 19.7. The minimum Gasteiger partial charge on any atom is -0.456 e. The quantitative estimate of drug-likeness (QED) is 0.316. The molecule has 0 N–H and O–H groups in total. The number of imidazole rings is 1. The summed E-state index contributed by atoms with van der Waals surface area (Å²) in [7, 11) is 2.14. The van der Waals surface area contributed by atoms with Crippen LogP contribution in [0, 0.1) is 13.8 Å². The van der Waals surface area contributed by atoms with Gasteiger partial charge in [0.15, 0.2) is 11.0 Å². The molecule has 0 amide bonds. The van der Waals surface area contributed by atoms with E-state index in [1.807, 2.05) is 12.1 Å². The van der Waals surface area contributed by atoms with Gasteiger partial charge in [-0.1, -0.05) is 36.4 Å². The Labute approximate surface area is 168 Å². The molecule has 0 radical (unpaired) electrons. The molecule has 2 heterocycles. The van der Waals surface area contributed by atoms with Crippen molar-refractivity contribution in [2.24, 2.45) is 7.05 Å². The van der Waals surface area contributed by atoms with Crippen molar-refractivity contribution in [2.45, 2.75) is 13.8 Å². The lowest BCUT2D eigenvalue weighted by atomic mass is 10.0. The number of hydrogen-bond acceptors (Lipinski definition) is 1. The summed E-state index contributed by atoms with van der Waals surface area (Å²) in [5, 5.41) is 4.77. The van der Waals surface area contributed by atoms with Crippen LogP contribution in [0.25, 0.3) is 49.4 Å². The van der Waals surface area contributed by atoms with Crippen LogP contribution in [-0.2, 0) is 7.05 Å². The van der Waals surface area contributed by atoms with Crippen molar-refractivity contribution < 1.29 is 8.98 Å². The van der Waals surface area contributed by atoms with E-state index in [9.17, 15) is 0 Å². The Morgan fingerprint density at radius 2 is 1.55 bits per heavy atom. The largest absolute Gasteiger partial charge is 0.456 e. The number of aryl methyl sites for hydroxylation is 2. The van der Waals surface area contributed by atoms with Crippen LogP contribution in [0.1, 0.15) is 11.4 Å². The van der Waals surface area contributed by atoms with Gasteiger partial charge in [0.05, 0.1) is 7.05 Å². The SMILES string of the molecule is Cc1ccccc1-n1c(C)[n+](C)c2ccc3cc4c(cc3c21)oc1ccccc14. The molecule has 0 aliphatic carbocycles. The number of nitrogens with zero attached hydrogens (tertiary/aromatic N) is 2. The summed E-state index contributed by atoms with van der Waals surface area (Å²) < 4.78 is 10.8. The van der Waals surface area contributed by atoms with Crippen LogP contribution in [-0.4, -0.2) is 4.57 Å². The predicted octanol–water partition coefficient (Wildman–Crippen LogP) is 6.12. The topological polar surface area (TPSA) is 21.9 Å². The number of benzene rings is 4. The first kappa shape index (κ1) is 16.4. The summed E-state index contributed by atoms with van der Waals surface area (Å²) in [4.78, 5) is 0. The van der Waals surface area contributed by atoms with E-state index in [4.69, 9.17) is 4.42 Å². The first-order valence-corrected chi connectivity index (χ1v) is 9.94. The predicted molar refractivity (Wildman–Crippen MR) is 119 cm³/mol. The molecule has 0 saturated heterocycles. The summed E-state index contributed by atoms with van der Waals surface area (Å²) in [6.45, 7) is 4.35. The molecule has 29 heavy (non-hydrogen) atoms. The Balaban J connectivity index is 1.82. The number of fused-ring (bicyclic) bond motifs is 6. The Kier molecular flexibility index (Phi) is 3.22. The number of aromatic nitrogens is 2. The number of hydrogen-bond donors (Lipinski definition) is 0. The van der Waals surface area contributed by atoms with Gasteiger partial charge in [0.1, 0.15) is 16.9 Å². The molecule has 0 atom stereocenters. The minimum atomic E-state index is 0.934. The Bertz CT molecular complexity index is 1580. The third-order valence-corrected chi connectivity index (χ3v) is 6.22. The maximum Gasteiger partial charge on any atom is 0.259 e. The van der Waals surface area contributed by atoms with E-state index in [1.165, 1.54) is 49.7 Å². The molecular weight excluding hydrogens is 356 g/mol. The second-order valence-corrected chi connectivity index (χ2v) is 7.83. The lowest BCUT2D eigenvalue weighted by Crippen LogP contribution is -2.30. The number of rotatable bonds is 1. The standard InChI is InChI=1S/C26H21N2O/c1-16-8-4-6-10-22(16)28-17(2)27(3)23-13-12-18-14-21-19-9-5-7-11-24(19)29-25(21)15-20(18)26(23)28/h4-15H,1-3H3/q+1. The average Bonchev–Trinajstić information content (AvgIpc) is 3.22. The van der Waals surface area contributed by atoms with Crippen LogP contribution in [0.3, 0.4) is 0 Å². The Hall–Kier alpha value is -3.59. The summed E-state index contributed by atoms with van der Waals surface area (Å²) in [6, 6.07) is 25.7. The average molecular weight is 377 g/mol. The first-order valence-electron chi connectivity index (χ1n) is 9.94. The molecule has 4 aromatic carbocycles. The van der Waals surface area contributed by atoms with Crippen molar-refractivity contribution in [3.63, 3.8) is 0 Å². The molecule has 0 saturated carbocycles. The highest BCUT2D eigenvalue weighted by atomic mass is 16.3. The van der Waals surface area contributed by atoms with Gasteiger partial charge in [0.25, 0.3) is 5.82 Å². The van der Waals surface area contributed by atoms with Crippen molar-refractivity contribution in [3.05, 3.63) is 84.2 Å². The van der Waals surface area contributed by atoms with E-state index in [-0.39, 0.29) is 0 Å². The molecule has 6 aromatic rings. The molecule has 3 nitrogen and oxygen atoms in total. The molecule has 2 aromatic heterocycles. The monoisotopic (exact) mass is 377 g/mol. The lowest BCUT2D eigenvalue weighted by molar-refractivity contribution is -0.652. The van der Waals surface area contributed by atoms with Crippen LogP contribution in [0.15, 0.2) is 77.2 Å². The molecule has 0 aliphatic rings. The van der Waals surface area contributed by atoms with Gasteiger partial charge in [-0.05, 0) is 54.3 Å². The van der Waals surface area contributed by atoms with Crippen LogP contribution >= 0.6 is 0 Å². The second kappa shape index (κ2) is 5.71. The van der Waals surface area contributed by atoms with Crippen molar-refractivity contribution in [1.82, 2.24) is 4.57 Å². The highest BCUT2D eigenvalue weighted by Gasteiger charge is 2.24. The van der Waals surface area contributed by atoms with Crippen LogP contribution < -0.4 is 4.57 Å². The van der Waals surface area contributed by atoms with E-state index in [1.54, 1.807) is 0 Å². The molecule has 0 fully saturated rings. The number of furan rings is 1. The second-order valence-electron chi connectivity index (χ2n) is 7.83. The summed E-state index contributed by atoms with van der Waals surface area (Å²) in [6.07, 6.45) is 0. The van der Waals surface area contributed by atoms with Gasteiger partial charge in [-0.3, -0.25) is 0 Å². The van der Waals surface area contributed by atoms with Gasteiger partial charge < -0.3 is 4.42 Å². The lowest BCUT2D eigenvalue weighted by Gasteiger charge is -2.05. The third kappa shape index (κ3) is 2.16. The fraction of sp³-hybridized carbons (Fsp3) is 0.115. The zero-order valence-electron chi connectivity index (χ0n) is 16.7. The van der Waals surface area contributed by atoms with Gasteiger partial charge in [-0.15, -0.1) is 0 Å². The minimum absolute atomic E-state index is 0.934. The van der Waals surface area contributed by atoms with Crippen molar-refractivity contribution in [3.8, 4) is 5.69 Å². The smallest absolute Gasteiger partial charge is 0.259 e. The molecule has 0 unspecified atom stereocenters. The number of para-hydroxylation sites is 2. The summed E-state index contributed by atoms with van der Waals surface area (Å²) in [5.74, 6) is 1.20. The Morgan fingerprint density at radius 3 is 2.41 bits per heavy atom. The molecule has 0 bridgehead atoms. The maximum absolute atomic E-state index is 6.20. The van der Waals surface area contributed by atoms with Crippen molar-refractivity contribution in [1.29, 1.82) is 0 Å². The van der Waals surface area contributed by atoms with Gasteiger partial charge in [-0.2, -0.15) is 4.57 Å². The summed E-state index contributed by atoms with van der Waals surface area (Å²) >= 11 is 0. The molecule has 0 spiro atoms. The van der Waals surface area contributed by atoms with Gasteiger partial charge in [0.2, 0.25) is 0 Å². The zero-order valence-corrected chi connectivity index (χ0v) is 16.7. The third-order valence-electron chi connectivity index (χ3n) is 6.22. The van der Waals surface area contributed by atoms with E-state index < -0.39 is 0 Å². The highest BCUT2D eigenvalue weighted by molar-refractivity contribution is 6.14.